The Hall–Kier alpha value is -2.22. The van der Waals surface area contributed by atoms with Gasteiger partial charge in [-0.3, -0.25) is 9.59 Å². The van der Waals surface area contributed by atoms with Crippen LogP contribution in [0.4, 0.5) is 0 Å². The predicted octanol–water partition coefficient (Wildman–Crippen LogP) is -0.993. The second-order valence-electron chi connectivity index (χ2n) is 4.24. The van der Waals surface area contributed by atoms with Gasteiger partial charge in [-0.15, -0.1) is 0 Å². The molecule has 0 fully saturated rings. The Morgan fingerprint density at radius 2 is 2.37 bits per heavy atom. The Kier molecular flexibility index (Phi) is 3.91. The van der Waals surface area contributed by atoms with Crippen LogP contribution in [0.15, 0.2) is 17.4 Å². The molecule has 1 amide bonds. The van der Waals surface area contributed by atoms with Gasteiger partial charge in [0.15, 0.2) is 11.2 Å². The van der Waals surface area contributed by atoms with Crippen LogP contribution in [0.3, 0.4) is 0 Å². The number of carbonyl (C=O) groups excluding carboxylic acids is 1. The Labute approximate surface area is 108 Å². The lowest BCUT2D eigenvalue weighted by Gasteiger charge is -2.07. The molecule has 0 aliphatic heterocycles. The van der Waals surface area contributed by atoms with Gasteiger partial charge in [0.2, 0.25) is 5.91 Å². The van der Waals surface area contributed by atoms with Gasteiger partial charge in [0, 0.05) is 19.5 Å². The van der Waals surface area contributed by atoms with E-state index < -0.39 is 6.10 Å². The summed E-state index contributed by atoms with van der Waals surface area (Å²) in [7, 11) is 0. The molecular weight excluding hydrogens is 250 g/mol. The fourth-order valence-electron chi connectivity index (χ4n) is 1.63. The van der Waals surface area contributed by atoms with Crippen LogP contribution in [0.5, 0.6) is 0 Å². The predicted molar refractivity (Wildman–Crippen MR) is 67.5 cm³/mol. The molecule has 0 radical (unpaired) electrons. The number of carbonyl (C=O) groups is 1. The molecule has 8 heteroatoms. The second kappa shape index (κ2) is 5.61. The number of nitrogens with one attached hydrogen (secondary N) is 2. The molecule has 19 heavy (non-hydrogen) atoms. The third-order valence-corrected chi connectivity index (χ3v) is 2.58. The van der Waals surface area contributed by atoms with Crippen LogP contribution < -0.4 is 10.9 Å². The van der Waals surface area contributed by atoms with Gasteiger partial charge in [-0.2, -0.15) is 0 Å². The molecule has 0 aliphatic rings. The van der Waals surface area contributed by atoms with Crippen molar-refractivity contribution >= 4 is 17.1 Å². The maximum absolute atomic E-state index is 11.5. The number of hydrogen-bond acceptors (Lipinski definition) is 5. The Morgan fingerprint density at radius 3 is 3.11 bits per heavy atom. The normalized spacial score (nSPS) is 12.5. The van der Waals surface area contributed by atoms with Crippen LogP contribution in [0, 0.1) is 0 Å². The van der Waals surface area contributed by atoms with Gasteiger partial charge in [0.05, 0.1) is 18.8 Å². The van der Waals surface area contributed by atoms with Crippen molar-refractivity contribution in [3.63, 3.8) is 0 Å². The van der Waals surface area contributed by atoms with E-state index in [2.05, 4.69) is 20.3 Å². The molecule has 0 aromatic carbocycles. The summed E-state index contributed by atoms with van der Waals surface area (Å²) in [5, 5.41) is 11.6. The molecule has 2 heterocycles. The number of aromatic amines is 1. The zero-order valence-electron chi connectivity index (χ0n) is 10.5. The third kappa shape index (κ3) is 3.16. The monoisotopic (exact) mass is 265 g/mol. The first-order chi connectivity index (χ1) is 9.08. The highest BCUT2D eigenvalue weighted by atomic mass is 16.3. The summed E-state index contributed by atoms with van der Waals surface area (Å²) in [6, 6.07) is 0. The smallest absolute Gasteiger partial charge is 0.278 e. The summed E-state index contributed by atoms with van der Waals surface area (Å²) in [5.41, 5.74) is 0.404. The first kappa shape index (κ1) is 13.2. The first-order valence-corrected chi connectivity index (χ1v) is 5.91. The van der Waals surface area contributed by atoms with E-state index in [4.69, 9.17) is 5.11 Å². The number of imidazole rings is 1. The highest BCUT2D eigenvalue weighted by molar-refractivity contribution is 5.76. The number of fused-ring (bicyclic) bond motifs is 1. The molecule has 0 spiro atoms. The minimum absolute atomic E-state index is 0.174. The minimum atomic E-state index is -0.571. The molecular formula is C11H15N5O3. The molecule has 2 rings (SSSR count). The van der Waals surface area contributed by atoms with E-state index in [1.165, 1.54) is 12.7 Å². The quantitative estimate of drug-likeness (QED) is 0.642. The summed E-state index contributed by atoms with van der Waals surface area (Å²) in [6.45, 7) is 2.19. The molecule has 0 aliphatic carbocycles. The standard InChI is InChI=1S/C11H15N5O3/c1-7(17)4-12-8(18)2-3-16-6-15-9-10(16)13-5-14-11(9)19/h5-7,17H,2-4H2,1H3,(H,12,18)(H,13,14,19). The zero-order valence-corrected chi connectivity index (χ0v) is 10.5. The average Bonchev–Trinajstić information content (AvgIpc) is 2.78. The van der Waals surface area contributed by atoms with Crippen LogP contribution in [0.2, 0.25) is 0 Å². The Balaban J connectivity index is 2.01. The highest BCUT2D eigenvalue weighted by Gasteiger charge is 2.09. The van der Waals surface area contributed by atoms with Crippen molar-refractivity contribution in [1.82, 2.24) is 24.8 Å². The summed E-state index contributed by atoms with van der Waals surface area (Å²) in [5.74, 6) is -0.174. The fourth-order valence-corrected chi connectivity index (χ4v) is 1.63. The third-order valence-electron chi connectivity index (χ3n) is 2.58. The summed E-state index contributed by atoms with van der Waals surface area (Å²) in [6.07, 6.45) is 2.44. The van der Waals surface area contributed by atoms with E-state index >= 15 is 0 Å². The highest BCUT2D eigenvalue weighted by Crippen LogP contribution is 2.04. The molecule has 1 atom stereocenters. The maximum atomic E-state index is 11.5. The summed E-state index contributed by atoms with van der Waals surface area (Å²) < 4.78 is 1.65. The second-order valence-corrected chi connectivity index (χ2v) is 4.24. The number of aromatic nitrogens is 4. The number of aliphatic hydroxyl groups is 1. The molecule has 0 bridgehead atoms. The van der Waals surface area contributed by atoms with E-state index in [1.54, 1.807) is 11.5 Å². The van der Waals surface area contributed by atoms with Crippen molar-refractivity contribution in [2.75, 3.05) is 6.54 Å². The van der Waals surface area contributed by atoms with E-state index in [0.29, 0.717) is 12.2 Å². The maximum Gasteiger partial charge on any atom is 0.278 e. The van der Waals surface area contributed by atoms with Crippen molar-refractivity contribution in [1.29, 1.82) is 0 Å². The minimum Gasteiger partial charge on any atom is -0.392 e. The number of aliphatic hydroxyl groups excluding tert-OH is 1. The van der Waals surface area contributed by atoms with Gasteiger partial charge < -0.3 is 20.0 Å². The van der Waals surface area contributed by atoms with Crippen molar-refractivity contribution in [3.05, 3.63) is 23.0 Å². The number of nitrogens with zero attached hydrogens (tertiary/aromatic N) is 3. The number of rotatable bonds is 5. The summed E-state index contributed by atoms with van der Waals surface area (Å²) >= 11 is 0. The fraction of sp³-hybridized carbons (Fsp3) is 0.455. The summed E-state index contributed by atoms with van der Waals surface area (Å²) in [4.78, 5) is 33.3. The SMILES string of the molecule is CC(O)CNC(=O)CCn1cnc2c(=O)[nH]cnc21. The van der Waals surface area contributed by atoms with Crippen LogP contribution in [-0.4, -0.2) is 43.2 Å². The van der Waals surface area contributed by atoms with Gasteiger partial charge in [-0.25, -0.2) is 9.97 Å². The van der Waals surface area contributed by atoms with Crippen LogP contribution in [0.25, 0.3) is 11.2 Å². The number of H-pyrrole nitrogens is 1. The Morgan fingerprint density at radius 1 is 1.58 bits per heavy atom. The van der Waals surface area contributed by atoms with Gasteiger partial charge in [-0.05, 0) is 6.92 Å². The molecule has 2 aromatic rings. The molecule has 102 valence electrons. The van der Waals surface area contributed by atoms with Crippen molar-refractivity contribution in [2.24, 2.45) is 0 Å². The van der Waals surface area contributed by atoms with Crippen molar-refractivity contribution < 1.29 is 9.90 Å². The lowest BCUT2D eigenvalue weighted by molar-refractivity contribution is -0.121. The van der Waals surface area contributed by atoms with Crippen LogP contribution >= 0.6 is 0 Å². The molecule has 0 saturated carbocycles. The lowest BCUT2D eigenvalue weighted by Crippen LogP contribution is -2.31. The molecule has 8 nitrogen and oxygen atoms in total. The van der Waals surface area contributed by atoms with Gasteiger partial charge >= 0.3 is 0 Å². The zero-order chi connectivity index (χ0) is 13.8. The van der Waals surface area contributed by atoms with Crippen LogP contribution in [0.1, 0.15) is 13.3 Å². The first-order valence-electron chi connectivity index (χ1n) is 5.91. The van der Waals surface area contributed by atoms with E-state index in [9.17, 15) is 9.59 Å². The molecule has 2 aromatic heterocycles. The van der Waals surface area contributed by atoms with Crippen molar-refractivity contribution in [2.45, 2.75) is 26.0 Å². The molecule has 3 N–H and O–H groups in total. The van der Waals surface area contributed by atoms with Crippen LogP contribution in [-0.2, 0) is 11.3 Å². The number of hydrogen-bond donors (Lipinski definition) is 3. The number of aryl methyl sites for hydroxylation is 1. The molecule has 1 unspecified atom stereocenters. The van der Waals surface area contributed by atoms with E-state index in [0.717, 1.165) is 0 Å². The van der Waals surface area contributed by atoms with E-state index in [-0.39, 0.29) is 29.9 Å². The van der Waals surface area contributed by atoms with Gasteiger partial charge in [0.25, 0.3) is 5.56 Å². The van der Waals surface area contributed by atoms with E-state index in [1.807, 2.05) is 0 Å². The molecule has 0 saturated heterocycles. The largest absolute Gasteiger partial charge is 0.392 e. The van der Waals surface area contributed by atoms with Crippen molar-refractivity contribution in [3.8, 4) is 0 Å². The Bertz CT molecular complexity index is 631. The number of amides is 1. The topological polar surface area (TPSA) is 113 Å². The van der Waals surface area contributed by atoms with Gasteiger partial charge in [-0.1, -0.05) is 0 Å². The van der Waals surface area contributed by atoms with Gasteiger partial charge in [0.1, 0.15) is 0 Å². The lowest BCUT2D eigenvalue weighted by atomic mass is 10.3. The average molecular weight is 265 g/mol.